The van der Waals surface area contributed by atoms with Gasteiger partial charge in [-0.15, -0.1) is 0 Å². The Morgan fingerprint density at radius 1 is 1.45 bits per heavy atom. The first kappa shape index (κ1) is 14.4. The van der Waals surface area contributed by atoms with Gasteiger partial charge in [0.15, 0.2) is 6.23 Å². The van der Waals surface area contributed by atoms with Gasteiger partial charge < -0.3 is 19.7 Å². The molecule has 0 unspecified atom stereocenters. The summed E-state index contributed by atoms with van der Waals surface area (Å²) in [4.78, 5) is 35.3. The highest BCUT2D eigenvalue weighted by molar-refractivity contribution is 5.65. The van der Waals surface area contributed by atoms with Crippen molar-refractivity contribution in [1.82, 2.24) is 9.55 Å². The number of nitrogens with zero attached hydrogens (tertiary/aromatic N) is 1. The number of nitrogens with one attached hydrogen (secondary N) is 1. The van der Waals surface area contributed by atoms with Crippen LogP contribution in [0.3, 0.4) is 0 Å². The first-order valence-corrected chi connectivity index (χ1v) is 5.86. The fourth-order valence-corrected chi connectivity index (χ4v) is 1.92. The number of hydrogen-bond donors (Lipinski definition) is 3. The molecule has 0 radical (unpaired) electrons. The van der Waals surface area contributed by atoms with E-state index in [-0.39, 0.29) is 6.61 Å². The van der Waals surface area contributed by atoms with E-state index in [2.05, 4.69) is 0 Å². The number of aromatic amines is 1. The molecule has 2 heterocycles. The molecule has 0 bridgehead atoms. The monoisotopic (exact) mass is 286 g/mol. The van der Waals surface area contributed by atoms with Gasteiger partial charge in [-0.25, -0.2) is 4.79 Å². The zero-order valence-corrected chi connectivity index (χ0v) is 10.6. The van der Waals surface area contributed by atoms with Crippen LogP contribution < -0.4 is 11.2 Å². The highest BCUT2D eigenvalue weighted by Crippen LogP contribution is 2.28. The summed E-state index contributed by atoms with van der Waals surface area (Å²) in [7, 11) is 0. The third-order valence-corrected chi connectivity index (χ3v) is 2.91. The number of hydrogen-bond acceptors (Lipinski definition) is 7. The smallest absolute Gasteiger partial charge is 0.330 e. The Labute approximate surface area is 112 Å². The third-order valence-electron chi connectivity index (χ3n) is 2.91. The molecule has 0 aliphatic carbocycles. The van der Waals surface area contributed by atoms with Gasteiger partial charge in [-0.05, 0) is 0 Å². The first-order chi connectivity index (χ1) is 9.40. The van der Waals surface area contributed by atoms with E-state index in [0.717, 1.165) is 16.8 Å². The van der Waals surface area contributed by atoms with Crippen LogP contribution in [0.25, 0.3) is 0 Å². The van der Waals surface area contributed by atoms with Gasteiger partial charge in [0.25, 0.3) is 5.56 Å². The summed E-state index contributed by atoms with van der Waals surface area (Å²) < 4.78 is 11.0. The summed E-state index contributed by atoms with van der Waals surface area (Å²) in [6.45, 7) is 0.948. The predicted octanol–water partition coefficient (Wildman–Crippen LogP) is -2.28. The minimum absolute atomic E-state index is 0.248. The highest BCUT2D eigenvalue weighted by atomic mass is 16.6. The molecule has 4 atom stereocenters. The van der Waals surface area contributed by atoms with E-state index in [9.17, 15) is 24.6 Å². The van der Waals surface area contributed by atoms with Crippen molar-refractivity contribution in [2.24, 2.45) is 0 Å². The highest BCUT2D eigenvalue weighted by Gasteiger charge is 2.44. The molecule has 0 amide bonds. The van der Waals surface area contributed by atoms with Crippen LogP contribution in [0, 0.1) is 0 Å². The van der Waals surface area contributed by atoms with Crippen molar-refractivity contribution in [3.8, 4) is 0 Å². The second-order valence-corrected chi connectivity index (χ2v) is 4.37. The lowest BCUT2D eigenvalue weighted by Crippen LogP contribution is -2.37. The summed E-state index contributed by atoms with van der Waals surface area (Å²) in [5, 5.41) is 19.7. The first-order valence-electron chi connectivity index (χ1n) is 5.86. The van der Waals surface area contributed by atoms with Crippen molar-refractivity contribution in [1.29, 1.82) is 0 Å². The summed E-state index contributed by atoms with van der Waals surface area (Å²) in [6, 6.07) is 1.09. The van der Waals surface area contributed by atoms with Crippen LogP contribution >= 0.6 is 0 Å². The maximum atomic E-state index is 11.6. The molecule has 110 valence electrons. The van der Waals surface area contributed by atoms with Gasteiger partial charge in [-0.1, -0.05) is 0 Å². The molecule has 0 spiro atoms. The maximum absolute atomic E-state index is 11.6. The molecule has 20 heavy (non-hydrogen) atoms. The Morgan fingerprint density at radius 3 is 2.75 bits per heavy atom. The van der Waals surface area contributed by atoms with Crippen molar-refractivity contribution < 1.29 is 24.5 Å². The fourth-order valence-electron chi connectivity index (χ4n) is 1.92. The predicted molar refractivity (Wildman–Crippen MR) is 63.9 cm³/mol. The molecule has 0 saturated carbocycles. The van der Waals surface area contributed by atoms with Crippen molar-refractivity contribution in [2.75, 3.05) is 6.61 Å². The van der Waals surface area contributed by atoms with Crippen molar-refractivity contribution >= 4 is 5.97 Å². The van der Waals surface area contributed by atoms with Crippen LogP contribution in [-0.2, 0) is 14.3 Å². The summed E-state index contributed by atoms with van der Waals surface area (Å²) >= 11 is 0. The number of ether oxygens (including phenoxy) is 2. The summed E-state index contributed by atoms with van der Waals surface area (Å²) in [6.07, 6.45) is -3.69. The molecular formula is C11H14N2O7. The molecule has 9 heteroatoms. The van der Waals surface area contributed by atoms with E-state index >= 15 is 0 Å². The topological polar surface area (TPSA) is 131 Å². The Morgan fingerprint density at radius 2 is 2.15 bits per heavy atom. The number of esters is 1. The lowest BCUT2D eigenvalue weighted by molar-refractivity contribution is -0.147. The van der Waals surface area contributed by atoms with Gasteiger partial charge in [-0.3, -0.25) is 19.1 Å². The number of carbonyl (C=O) groups excluding carboxylic acids is 1. The zero-order valence-electron chi connectivity index (χ0n) is 10.6. The molecule has 1 aliphatic heterocycles. The largest absolute Gasteiger partial charge is 0.463 e. The molecule has 1 aromatic heterocycles. The normalized spacial score (nSPS) is 29.4. The number of H-pyrrole nitrogens is 1. The summed E-state index contributed by atoms with van der Waals surface area (Å²) in [5.74, 6) is -0.556. The van der Waals surface area contributed by atoms with Crippen molar-refractivity contribution in [3.63, 3.8) is 0 Å². The number of rotatable bonds is 3. The molecule has 9 nitrogen and oxygen atoms in total. The Hall–Kier alpha value is -1.97. The average molecular weight is 286 g/mol. The van der Waals surface area contributed by atoms with E-state index in [0.29, 0.717) is 0 Å². The number of carbonyl (C=O) groups is 1. The molecule has 1 fully saturated rings. The van der Waals surface area contributed by atoms with Gasteiger partial charge in [0.05, 0.1) is 0 Å². The minimum Gasteiger partial charge on any atom is -0.463 e. The average Bonchev–Trinajstić information content (AvgIpc) is 2.64. The van der Waals surface area contributed by atoms with Crippen molar-refractivity contribution in [3.05, 3.63) is 33.1 Å². The SMILES string of the molecule is CC(=O)OC[C@H]1O[C@@H](n2ccc(=O)[nH]c2=O)[C@H](O)[C@@H]1O. The number of aliphatic hydroxyl groups excluding tert-OH is 2. The lowest BCUT2D eigenvalue weighted by atomic mass is 10.1. The second kappa shape index (κ2) is 5.57. The van der Waals surface area contributed by atoms with Crippen LogP contribution in [0.4, 0.5) is 0 Å². The maximum Gasteiger partial charge on any atom is 0.330 e. The molecule has 1 aromatic rings. The van der Waals surface area contributed by atoms with Gasteiger partial charge in [-0.2, -0.15) is 0 Å². The van der Waals surface area contributed by atoms with E-state index < -0.39 is 41.8 Å². The minimum atomic E-state index is -1.39. The van der Waals surface area contributed by atoms with Crippen LogP contribution in [0.5, 0.6) is 0 Å². The molecular weight excluding hydrogens is 272 g/mol. The van der Waals surface area contributed by atoms with Crippen molar-refractivity contribution in [2.45, 2.75) is 31.5 Å². The van der Waals surface area contributed by atoms with Crippen LogP contribution in [0.15, 0.2) is 21.9 Å². The summed E-state index contributed by atoms with van der Waals surface area (Å²) in [5.41, 5.74) is -1.36. The Balaban J connectivity index is 2.19. The van der Waals surface area contributed by atoms with Gasteiger partial charge >= 0.3 is 11.7 Å². The van der Waals surface area contributed by atoms with E-state index in [4.69, 9.17) is 9.47 Å². The third kappa shape index (κ3) is 2.79. The van der Waals surface area contributed by atoms with Gasteiger partial charge in [0, 0.05) is 19.2 Å². The van der Waals surface area contributed by atoms with Gasteiger partial charge in [0.2, 0.25) is 0 Å². The van der Waals surface area contributed by atoms with Crippen LogP contribution in [0.2, 0.25) is 0 Å². The van der Waals surface area contributed by atoms with Crippen LogP contribution in [0.1, 0.15) is 13.2 Å². The Kier molecular flexibility index (Phi) is 4.02. The van der Waals surface area contributed by atoms with E-state index in [1.807, 2.05) is 4.98 Å². The lowest BCUT2D eigenvalue weighted by Gasteiger charge is -2.16. The quantitative estimate of drug-likeness (QED) is 0.533. The number of aromatic nitrogens is 2. The molecule has 2 rings (SSSR count). The molecule has 3 N–H and O–H groups in total. The van der Waals surface area contributed by atoms with E-state index in [1.54, 1.807) is 0 Å². The van der Waals surface area contributed by atoms with Crippen LogP contribution in [-0.4, -0.2) is 50.7 Å². The van der Waals surface area contributed by atoms with E-state index in [1.165, 1.54) is 6.92 Å². The fraction of sp³-hybridized carbons (Fsp3) is 0.545. The van der Waals surface area contributed by atoms with Gasteiger partial charge in [0.1, 0.15) is 24.9 Å². The molecule has 0 aromatic carbocycles. The number of aliphatic hydroxyl groups is 2. The Bertz CT molecular complexity index is 607. The molecule has 1 saturated heterocycles. The zero-order chi connectivity index (χ0) is 14.9. The molecule has 1 aliphatic rings. The second-order valence-electron chi connectivity index (χ2n) is 4.37. The standard InChI is InChI=1S/C11H14N2O7/c1-5(14)19-4-6-8(16)9(17)10(20-6)13-3-2-7(15)12-11(13)18/h2-3,6,8-10,16-17H,4H2,1H3,(H,12,15,18)/t6-,8-,9-,10-/m1/s1.